The predicted octanol–water partition coefficient (Wildman–Crippen LogP) is 1.47. The minimum Gasteiger partial charge on any atom is -0.350 e. The highest BCUT2D eigenvalue weighted by Crippen LogP contribution is 2.43. The van der Waals surface area contributed by atoms with Gasteiger partial charge in [0.15, 0.2) is 0 Å². The number of nitrogens with one attached hydrogen (secondary N) is 1. The summed E-state index contributed by atoms with van der Waals surface area (Å²) in [7, 11) is -3.79. The first kappa shape index (κ1) is 16.0. The molecule has 0 bridgehead atoms. The Morgan fingerprint density at radius 3 is 2.52 bits per heavy atom. The van der Waals surface area contributed by atoms with Crippen molar-refractivity contribution in [1.82, 2.24) is 9.88 Å². The highest BCUT2D eigenvalue weighted by Gasteiger charge is 2.35. The summed E-state index contributed by atoms with van der Waals surface area (Å²) >= 11 is 0. The number of sulfonamides is 1. The number of nitrogens with two attached hydrogens (primary N) is 1. The molecule has 3 N–H and O–H groups in total. The molecule has 1 heterocycles. The zero-order valence-corrected chi connectivity index (χ0v) is 13.4. The average Bonchev–Trinajstić information content (AvgIpc) is 2.81. The van der Waals surface area contributed by atoms with Crippen molar-refractivity contribution in [3.8, 4) is 0 Å². The van der Waals surface area contributed by atoms with Gasteiger partial charge in [-0.1, -0.05) is 13.3 Å². The van der Waals surface area contributed by atoms with Crippen molar-refractivity contribution in [1.29, 1.82) is 0 Å². The molecule has 0 aliphatic heterocycles. The van der Waals surface area contributed by atoms with Gasteiger partial charge in [-0.3, -0.25) is 4.79 Å². The lowest BCUT2D eigenvalue weighted by Gasteiger charge is -2.41. The average molecular weight is 313 g/mol. The highest BCUT2D eigenvalue weighted by atomic mass is 32.2. The van der Waals surface area contributed by atoms with Crippen LogP contribution in [-0.2, 0) is 16.6 Å². The first-order valence-electron chi connectivity index (χ1n) is 7.32. The smallest absolute Gasteiger partial charge is 0.267 e. The Labute approximate surface area is 125 Å². The number of amides is 1. The van der Waals surface area contributed by atoms with E-state index < -0.39 is 10.0 Å². The number of carbonyl (C=O) groups excluding carboxylic acids is 1. The molecule has 1 aromatic rings. The van der Waals surface area contributed by atoms with Crippen LogP contribution in [0.15, 0.2) is 17.2 Å². The fourth-order valence-electron chi connectivity index (χ4n) is 2.78. The summed E-state index contributed by atoms with van der Waals surface area (Å²) in [5.74, 6) is -0.244. The third-order valence-electron chi connectivity index (χ3n) is 4.56. The monoisotopic (exact) mass is 313 g/mol. The van der Waals surface area contributed by atoms with E-state index in [1.165, 1.54) is 18.7 Å². The Hall–Kier alpha value is -1.34. The van der Waals surface area contributed by atoms with Gasteiger partial charge in [0.25, 0.3) is 5.91 Å². The van der Waals surface area contributed by atoms with Crippen LogP contribution in [0.4, 0.5) is 0 Å². The maximum absolute atomic E-state index is 12.3. The summed E-state index contributed by atoms with van der Waals surface area (Å²) < 4.78 is 24.4. The van der Waals surface area contributed by atoms with Gasteiger partial charge in [-0.2, -0.15) is 0 Å². The molecule has 1 saturated carbocycles. The molecule has 2 rings (SSSR count). The number of nitrogens with zero attached hydrogens (tertiary/aromatic N) is 1. The summed E-state index contributed by atoms with van der Waals surface area (Å²) in [5, 5.41) is 8.05. The Morgan fingerprint density at radius 2 is 2.10 bits per heavy atom. The van der Waals surface area contributed by atoms with Gasteiger partial charge in [-0.25, -0.2) is 13.6 Å². The zero-order valence-electron chi connectivity index (χ0n) is 12.6. The van der Waals surface area contributed by atoms with Crippen molar-refractivity contribution in [3.63, 3.8) is 0 Å². The molecule has 1 aromatic heterocycles. The van der Waals surface area contributed by atoms with Gasteiger partial charge < -0.3 is 9.88 Å². The number of hydrogen-bond donors (Lipinski definition) is 2. The molecule has 0 aromatic carbocycles. The molecule has 7 heteroatoms. The molecular formula is C14H23N3O3S. The van der Waals surface area contributed by atoms with Crippen molar-refractivity contribution >= 4 is 15.9 Å². The third kappa shape index (κ3) is 3.29. The molecule has 0 atom stereocenters. The quantitative estimate of drug-likeness (QED) is 0.832. The van der Waals surface area contributed by atoms with Gasteiger partial charge >= 0.3 is 0 Å². The number of aromatic nitrogens is 1. The van der Waals surface area contributed by atoms with Crippen molar-refractivity contribution in [2.45, 2.75) is 51.0 Å². The van der Waals surface area contributed by atoms with E-state index in [1.807, 2.05) is 6.92 Å². The molecule has 0 spiro atoms. The lowest BCUT2D eigenvalue weighted by Crippen LogP contribution is -2.42. The number of primary sulfonamides is 1. The van der Waals surface area contributed by atoms with E-state index in [-0.39, 0.29) is 16.2 Å². The molecule has 21 heavy (non-hydrogen) atoms. The fraction of sp³-hybridized carbons (Fsp3) is 0.643. The predicted molar refractivity (Wildman–Crippen MR) is 80.4 cm³/mol. The van der Waals surface area contributed by atoms with Gasteiger partial charge in [0, 0.05) is 19.3 Å². The number of hydrogen-bond acceptors (Lipinski definition) is 3. The summed E-state index contributed by atoms with van der Waals surface area (Å²) in [6.45, 7) is 5.14. The minimum atomic E-state index is -3.79. The standard InChI is InChI=1S/C14H23N3O3S/c1-3-14(6-5-7-14)10-16-13(18)12-8-11(21(15,19)20)9-17(12)4-2/h8-9H,3-7,10H2,1-2H3,(H,16,18)(H2,15,19,20). The fourth-order valence-corrected chi connectivity index (χ4v) is 3.33. The van der Waals surface area contributed by atoms with E-state index in [2.05, 4.69) is 12.2 Å². The zero-order chi connectivity index (χ0) is 15.7. The van der Waals surface area contributed by atoms with Crippen LogP contribution in [0.5, 0.6) is 0 Å². The summed E-state index contributed by atoms with van der Waals surface area (Å²) in [6.07, 6.45) is 5.94. The SMILES string of the molecule is CCn1cc(S(N)(=O)=O)cc1C(=O)NCC1(CC)CCC1. The van der Waals surface area contributed by atoms with Crippen LogP contribution in [0.3, 0.4) is 0 Å². The van der Waals surface area contributed by atoms with Crippen molar-refractivity contribution in [3.05, 3.63) is 18.0 Å². The van der Waals surface area contributed by atoms with Crippen molar-refractivity contribution in [2.75, 3.05) is 6.54 Å². The van der Waals surface area contributed by atoms with E-state index >= 15 is 0 Å². The van der Waals surface area contributed by atoms with Crippen LogP contribution in [0.1, 0.15) is 50.0 Å². The third-order valence-corrected chi connectivity index (χ3v) is 5.44. The van der Waals surface area contributed by atoms with Gasteiger partial charge in [0.05, 0.1) is 0 Å². The van der Waals surface area contributed by atoms with E-state index in [1.54, 1.807) is 4.57 Å². The lowest BCUT2D eigenvalue weighted by atomic mass is 9.67. The Balaban J connectivity index is 2.13. The number of carbonyl (C=O) groups is 1. The molecule has 1 aliphatic rings. The van der Waals surface area contributed by atoms with Crippen LogP contribution >= 0.6 is 0 Å². The molecular weight excluding hydrogens is 290 g/mol. The Kier molecular flexibility index (Phi) is 4.43. The van der Waals surface area contributed by atoms with E-state index in [0.717, 1.165) is 19.3 Å². The number of aryl methyl sites for hydroxylation is 1. The van der Waals surface area contributed by atoms with Crippen molar-refractivity contribution < 1.29 is 13.2 Å². The molecule has 0 radical (unpaired) electrons. The first-order valence-corrected chi connectivity index (χ1v) is 8.87. The summed E-state index contributed by atoms with van der Waals surface area (Å²) in [5.41, 5.74) is 0.564. The molecule has 1 amide bonds. The maximum atomic E-state index is 12.3. The molecule has 1 fully saturated rings. The molecule has 0 saturated heterocycles. The van der Waals surface area contributed by atoms with Crippen LogP contribution in [0.25, 0.3) is 0 Å². The Bertz CT molecular complexity index is 624. The second kappa shape index (κ2) is 5.81. The second-order valence-electron chi connectivity index (χ2n) is 5.78. The van der Waals surface area contributed by atoms with Crippen LogP contribution in [0.2, 0.25) is 0 Å². The van der Waals surface area contributed by atoms with Crippen LogP contribution in [0, 0.1) is 5.41 Å². The lowest BCUT2D eigenvalue weighted by molar-refractivity contribution is 0.0842. The molecule has 118 valence electrons. The number of rotatable bonds is 6. The minimum absolute atomic E-state index is 0.0247. The summed E-state index contributed by atoms with van der Waals surface area (Å²) in [6, 6.07) is 1.34. The molecule has 6 nitrogen and oxygen atoms in total. The molecule has 0 unspecified atom stereocenters. The van der Waals surface area contributed by atoms with E-state index in [4.69, 9.17) is 5.14 Å². The van der Waals surface area contributed by atoms with Crippen molar-refractivity contribution in [2.24, 2.45) is 10.6 Å². The van der Waals surface area contributed by atoms with Gasteiger partial charge in [-0.15, -0.1) is 0 Å². The highest BCUT2D eigenvalue weighted by molar-refractivity contribution is 7.89. The Morgan fingerprint density at radius 1 is 1.43 bits per heavy atom. The van der Waals surface area contributed by atoms with E-state index in [0.29, 0.717) is 18.8 Å². The topological polar surface area (TPSA) is 94.2 Å². The van der Waals surface area contributed by atoms with E-state index in [9.17, 15) is 13.2 Å². The van der Waals surface area contributed by atoms with Gasteiger partial charge in [-0.05, 0) is 37.7 Å². The maximum Gasteiger partial charge on any atom is 0.267 e. The second-order valence-corrected chi connectivity index (χ2v) is 7.34. The normalized spacial score (nSPS) is 17.3. The van der Waals surface area contributed by atoms with Crippen LogP contribution in [-0.4, -0.2) is 25.4 Å². The molecule has 1 aliphatic carbocycles. The largest absolute Gasteiger partial charge is 0.350 e. The van der Waals surface area contributed by atoms with Gasteiger partial charge in [0.2, 0.25) is 10.0 Å². The van der Waals surface area contributed by atoms with Gasteiger partial charge in [0.1, 0.15) is 10.6 Å². The first-order chi connectivity index (χ1) is 9.81. The van der Waals surface area contributed by atoms with Crippen LogP contribution < -0.4 is 10.5 Å². The summed E-state index contributed by atoms with van der Waals surface area (Å²) in [4.78, 5) is 12.3.